The fourth-order valence-electron chi connectivity index (χ4n) is 1.23. The maximum Gasteiger partial charge on any atom is 0.0994 e. The molecule has 0 spiro atoms. The minimum Gasteiger partial charge on any atom is -0.325 e. The SMILES string of the molecule is CCCCc1c(CN)nnn1C. The average molecular weight is 168 g/mol. The molecule has 68 valence electrons. The molecular formula is C8H16N4. The van der Waals surface area contributed by atoms with Gasteiger partial charge < -0.3 is 5.73 Å². The predicted molar refractivity (Wildman–Crippen MR) is 47.5 cm³/mol. The van der Waals surface area contributed by atoms with Gasteiger partial charge in [-0.25, -0.2) is 0 Å². The smallest absolute Gasteiger partial charge is 0.0994 e. The first-order valence-corrected chi connectivity index (χ1v) is 4.37. The third-order valence-electron chi connectivity index (χ3n) is 1.98. The van der Waals surface area contributed by atoms with E-state index >= 15 is 0 Å². The Labute approximate surface area is 72.8 Å². The molecule has 0 saturated carbocycles. The summed E-state index contributed by atoms with van der Waals surface area (Å²) < 4.78 is 1.82. The molecule has 0 aliphatic rings. The summed E-state index contributed by atoms with van der Waals surface area (Å²) in [6.07, 6.45) is 3.40. The van der Waals surface area contributed by atoms with E-state index in [1.165, 1.54) is 18.5 Å². The molecule has 0 atom stereocenters. The summed E-state index contributed by atoms with van der Waals surface area (Å²) in [5, 5.41) is 7.90. The minimum absolute atomic E-state index is 0.493. The molecule has 0 fully saturated rings. The topological polar surface area (TPSA) is 56.7 Å². The van der Waals surface area contributed by atoms with Crippen molar-refractivity contribution in [2.24, 2.45) is 12.8 Å². The van der Waals surface area contributed by atoms with Gasteiger partial charge in [-0.3, -0.25) is 4.68 Å². The third kappa shape index (κ3) is 1.82. The van der Waals surface area contributed by atoms with E-state index in [4.69, 9.17) is 5.73 Å². The molecule has 1 rings (SSSR count). The molecule has 4 nitrogen and oxygen atoms in total. The van der Waals surface area contributed by atoms with E-state index in [1.807, 2.05) is 11.7 Å². The van der Waals surface area contributed by atoms with Crippen molar-refractivity contribution in [3.05, 3.63) is 11.4 Å². The molecule has 0 saturated heterocycles. The Morgan fingerprint density at radius 3 is 2.83 bits per heavy atom. The highest BCUT2D eigenvalue weighted by Crippen LogP contribution is 2.07. The van der Waals surface area contributed by atoms with Gasteiger partial charge in [-0.15, -0.1) is 5.10 Å². The Morgan fingerprint density at radius 2 is 2.25 bits per heavy atom. The first kappa shape index (κ1) is 9.19. The van der Waals surface area contributed by atoms with E-state index in [-0.39, 0.29) is 0 Å². The lowest BCUT2D eigenvalue weighted by Gasteiger charge is -2.00. The minimum atomic E-state index is 0.493. The highest BCUT2D eigenvalue weighted by atomic mass is 15.4. The number of nitrogens with two attached hydrogens (primary N) is 1. The van der Waals surface area contributed by atoms with Gasteiger partial charge in [0.05, 0.1) is 11.4 Å². The number of unbranched alkanes of at least 4 members (excludes halogenated alkanes) is 1. The number of hydrogen-bond donors (Lipinski definition) is 1. The molecule has 2 N–H and O–H groups in total. The molecular weight excluding hydrogens is 152 g/mol. The molecule has 0 unspecified atom stereocenters. The van der Waals surface area contributed by atoms with Crippen molar-refractivity contribution in [1.29, 1.82) is 0 Å². The van der Waals surface area contributed by atoms with E-state index < -0.39 is 0 Å². The molecule has 4 heteroatoms. The van der Waals surface area contributed by atoms with Gasteiger partial charge >= 0.3 is 0 Å². The molecule has 0 aliphatic heterocycles. The number of rotatable bonds is 4. The zero-order valence-electron chi connectivity index (χ0n) is 7.75. The number of nitrogens with zero attached hydrogens (tertiary/aromatic N) is 3. The summed E-state index contributed by atoms with van der Waals surface area (Å²) in [4.78, 5) is 0. The molecule has 0 aliphatic carbocycles. The van der Waals surface area contributed by atoms with E-state index in [0.717, 1.165) is 12.1 Å². The molecule has 1 aromatic rings. The second kappa shape index (κ2) is 4.21. The Bertz CT molecular complexity index is 241. The monoisotopic (exact) mass is 168 g/mol. The fraction of sp³-hybridized carbons (Fsp3) is 0.750. The third-order valence-corrected chi connectivity index (χ3v) is 1.98. The molecule has 0 bridgehead atoms. The fourth-order valence-corrected chi connectivity index (χ4v) is 1.23. The quantitative estimate of drug-likeness (QED) is 0.717. The largest absolute Gasteiger partial charge is 0.325 e. The molecule has 0 radical (unpaired) electrons. The van der Waals surface area contributed by atoms with Crippen LogP contribution in [0.1, 0.15) is 31.2 Å². The zero-order chi connectivity index (χ0) is 8.97. The van der Waals surface area contributed by atoms with Crippen molar-refractivity contribution in [2.45, 2.75) is 32.7 Å². The maximum absolute atomic E-state index is 5.52. The van der Waals surface area contributed by atoms with Gasteiger partial charge in [0.15, 0.2) is 0 Å². The molecule has 0 aromatic carbocycles. The van der Waals surface area contributed by atoms with E-state index in [2.05, 4.69) is 17.2 Å². The Morgan fingerprint density at radius 1 is 1.50 bits per heavy atom. The first-order chi connectivity index (χ1) is 5.79. The van der Waals surface area contributed by atoms with Gasteiger partial charge in [0.1, 0.15) is 0 Å². The second-order valence-corrected chi connectivity index (χ2v) is 2.91. The van der Waals surface area contributed by atoms with Crippen molar-refractivity contribution in [3.63, 3.8) is 0 Å². The standard InChI is InChI=1S/C8H16N4/c1-3-4-5-8-7(6-9)10-11-12(8)2/h3-6,9H2,1-2H3. The lowest BCUT2D eigenvalue weighted by Crippen LogP contribution is -2.04. The normalized spacial score (nSPS) is 10.6. The van der Waals surface area contributed by atoms with Crippen molar-refractivity contribution in [3.8, 4) is 0 Å². The van der Waals surface area contributed by atoms with Crippen LogP contribution in [0.2, 0.25) is 0 Å². The van der Waals surface area contributed by atoms with Gasteiger partial charge in [-0.05, 0) is 12.8 Å². The van der Waals surface area contributed by atoms with Crippen LogP contribution < -0.4 is 5.73 Å². The molecule has 1 heterocycles. The molecule has 12 heavy (non-hydrogen) atoms. The van der Waals surface area contributed by atoms with Gasteiger partial charge in [0.2, 0.25) is 0 Å². The summed E-state index contributed by atoms with van der Waals surface area (Å²) in [6.45, 7) is 2.67. The van der Waals surface area contributed by atoms with Crippen LogP contribution >= 0.6 is 0 Å². The van der Waals surface area contributed by atoms with Crippen molar-refractivity contribution >= 4 is 0 Å². The second-order valence-electron chi connectivity index (χ2n) is 2.91. The summed E-state index contributed by atoms with van der Waals surface area (Å²) in [5.74, 6) is 0. The van der Waals surface area contributed by atoms with Crippen molar-refractivity contribution in [2.75, 3.05) is 0 Å². The zero-order valence-corrected chi connectivity index (χ0v) is 7.75. The van der Waals surface area contributed by atoms with Crippen molar-refractivity contribution < 1.29 is 0 Å². The van der Waals surface area contributed by atoms with Gasteiger partial charge in [-0.2, -0.15) is 0 Å². The summed E-state index contributed by atoms with van der Waals surface area (Å²) in [5.41, 5.74) is 7.64. The summed E-state index contributed by atoms with van der Waals surface area (Å²) >= 11 is 0. The van der Waals surface area contributed by atoms with Crippen LogP contribution in [0.3, 0.4) is 0 Å². The number of aromatic nitrogens is 3. The highest BCUT2D eigenvalue weighted by Gasteiger charge is 2.07. The summed E-state index contributed by atoms with van der Waals surface area (Å²) in [7, 11) is 1.91. The van der Waals surface area contributed by atoms with E-state index in [1.54, 1.807) is 0 Å². The Hall–Kier alpha value is -0.900. The first-order valence-electron chi connectivity index (χ1n) is 4.37. The van der Waals surface area contributed by atoms with Crippen LogP contribution in [-0.2, 0) is 20.0 Å². The lowest BCUT2D eigenvalue weighted by atomic mass is 10.1. The van der Waals surface area contributed by atoms with Crippen LogP contribution in [0.15, 0.2) is 0 Å². The number of hydrogen-bond acceptors (Lipinski definition) is 3. The van der Waals surface area contributed by atoms with Gasteiger partial charge in [0, 0.05) is 13.6 Å². The Balaban J connectivity index is 2.72. The Kier molecular flexibility index (Phi) is 3.22. The van der Waals surface area contributed by atoms with Crippen LogP contribution in [0, 0.1) is 0 Å². The molecule has 1 aromatic heterocycles. The van der Waals surface area contributed by atoms with Gasteiger partial charge in [0.25, 0.3) is 0 Å². The number of aryl methyl sites for hydroxylation is 1. The average Bonchev–Trinajstić information content (AvgIpc) is 2.43. The van der Waals surface area contributed by atoms with Crippen LogP contribution in [0.4, 0.5) is 0 Å². The maximum atomic E-state index is 5.52. The highest BCUT2D eigenvalue weighted by molar-refractivity contribution is 5.09. The van der Waals surface area contributed by atoms with Crippen LogP contribution in [0.25, 0.3) is 0 Å². The van der Waals surface area contributed by atoms with E-state index in [9.17, 15) is 0 Å². The van der Waals surface area contributed by atoms with Crippen LogP contribution in [0.5, 0.6) is 0 Å². The lowest BCUT2D eigenvalue weighted by molar-refractivity contribution is 0.655. The van der Waals surface area contributed by atoms with E-state index in [0.29, 0.717) is 6.54 Å². The van der Waals surface area contributed by atoms with Crippen LogP contribution in [-0.4, -0.2) is 15.0 Å². The predicted octanol–water partition coefficient (Wildman–Crippen LogP) is 0.616. The van der Waals surface area contributed by atoms with Gasteiger partial charge in [-0.1, -0.05) is 18.6 Å². The van der Waals surface area contributed by atoms with Crippen molar-refractivity contribution in [1.82, 2.24) is 15.0 Å². The molecule has 0 amide bonds. The summed E-state index contributed by atoms with van der Waals surface area (Å²) in [6, 6.07) is 0.